The van der Waals surface area contributed by atoms with Gasteiger partial charge in [-0.3, -0.25) is 9.35 Å². The van der Waals surface area contributed by atoms with Crippen LogP contribution in [0.25, 0.3) is 0 Å². The third kappa shape index (κ3) is 31.0. The van der Waals surface area contributed by atoms with Crippen molar-refractivity contribution < 1.29 is 75.3 Å². The Labute approximate surface area is 249 Å². The van der Waals surface area contributed by atoms with Crippen LogP contribution in [0.2, 0.25) is 0 Å². The Morgan fingerprint density at radius 2 is 1.00 bits per heavy atom. The fourth-order valence-corrected chi connectivity index (χ4v) is 4.98. The minimum absolute atomic E-state index is 0. The summed E-state index contributed by atoms with van der Waals surface area (Å²) in [7, 11) is -4.12. The van der Waals surface area contributed by atoms with Gasteiger partial charge in [0.2, 0.25) is 0 Å². The summed E-state index contributed by atoms with van der Waals surface area (Å²) in [4.78, 5) is 11.1. The molecule has 1 N–H and O–H groups in total. The van der Waals surface area contributed by atoms with Crippen LogP contribution in [-0.2, 0) is 19.6 Å². The van der Waals surface area contributed by atoms with Crippen molar-refractivity contribution in [3.8, 4) is 0 Å². The topological polar surface area (TPSA) is 80.7 Å². The first-order chi connectivity index (χ1) is 15.3. The van der Waals surface area contributed by atoms with Crippen LogP contribution in [-0.4, -0.2) is 30.8 Å². The molecule has 0 saturated carbocycles. The SMILES string of the molecule is CCCCCCCCCCCCCCCCCCCCCCC(CS(=O)(=O)O)OC(C)=O.[H-].[K+]. The number of carbonyl (C=O) groups excluding carboxylic acids is 1. The smallest absolute Gasteiger partial charge is 1.00 e. The third-order valence-corrected chi connectivity index (χ3v) is 6.90. The van der Waals surface area contributed by atoms with E-state index in [9.17, 15) is 13.2 Å². The Balaban J connectivity index is -0.00000480. The molecule has 0 aliphatic heterocycles. The van der Waals surface area contributed by atoms with E-state index in [1.165, 1.54) is 116 Å². The summed E-state index contributed by atoms with van der Waals surface area (Å²) in [6.45, 7) is 3.53. The van der Waals surface area contributed by atoms with Gasteiger partial charge in [-0.2, -0.15) is 8.42 Å². The maximum absolute atomic E-state index is 11.1. The van der Waals surface area contributed by atoms with Gasteiger partial charge in [0, 0.05) is 6.92 Å². The Hall–Kier alpha value is 1.02. The Morgan fingerprint density at radius 3 is 1.27 bits per heavy atom. The number of carbonyl (C=O) groups is 1. The molecule has 1 atom stereocenters. The van der Waals surface area contributed by atoms with E-state index in [1.54, 1.807) is 0 Å². The molecule has 0 bridgehead atoms. The van der Waals surface area contributed by atoms with Gasteiger partial charge >= 0.3 is 57.4 Å². The van der Waals surface area contributed by atoms with Crippen LogP contribution in [0, 0.1) is 0 Å². The summed E-state index contributed by atoms with van der Waals surface area (Å²) in [5.74, 6) is -1.02. The molecule has 0 amide bonds. The van der Waals surface area contributed by atoms with Crippen molar-refractivity contribution in [1.29, 1.82) is 0 Å². The molecule has 0 saturated heterocycles. The van der Waals surface area contributed by atoms with Crippen molar-refractivity contribution in [2.45, 2.75) is 155 Å². The second-order valence-electron chi connectivity index (χ2n) is 9.49. The number of rotatable bonds is 24. The van der Waals surface area contributed by atoms with Gasteiger partial charge in [-0.15, -0.1) is 0 Å². The Morgan fingerprint density at radius 1 is 0.697 bits per heavy atom. The number of unbranched alkanes of at least 4 members (excludes halogenated alkanes) is 19. The number of ether oxygens (including phenoxy) is 1. The maximum atomic E-state index is 11.1. The average molecular weight is 517 g/mol. The molecule has 7 heteroatoms. The van der Waals surface area contributed by atoms with Gasteiger partial charge in [0.25, 0.3) is 10.1 Å². The summed E-state index contributed by atoms with van der Waals surface area (Å²) >= 11 is 0. The largest absolute Gasteiger partial charge is 1.00 e. The molecule has 0 heterocycles. The quantitative estimate of drug-likeness (QED) is 0.0832. The number of hydrogen-bond acceptors (Lipinski definition) is 4. The van der Waals surface area contributed by atoms with E-state index in [2.05, 4.69) is 6.92 Å². The van der Waals surface area contributed by atoms with Gasteiger partial charge in [0.15, 0.2) is 0 Å². The fraction of sp³-hybridized carbons (Fsp3) is 0.962. The summed E-state index contributed by atoms with van der Waals surface area (Å²) in [5.41, 5.74) is 0. The molecule has 0 rings (SSSR count). The standard InChI is InChI=1S/C26H52O5S.K.H/c1-3-4-5-6-7-8-9-10-11-12-13-14-15-16-17-18-19-20-21-22-23-26(31-25(2)27)24-32(28,29)30;;/h26H,3-24H2,1-2H3,(H,28,29,30);;/q;+1;-1. The van der Waals surface area contributed by atoms with Crippen LogP contribution in [0.5, 0.6) is 0 Å². The van der Waals surface area contributed by atoms with Gasteiger partial charge in [0.1, 0.15) is 11.9 Å². The third-order valence-electron chi connectivity index (χ3n) is 6.11. The molecule has 194 valence electrons. The molecule has 1 unspecified atom stereocenters. The molecular formula is C26H53KO5S. The first-order valence-corrected chi connectivity index (χ1v) is 15.1. The molecule has 0 aromatic heterocycles. The molecule has 0 aliphatic rings. The van der Waals surface area contributed by atoms with Crippen molar-refractivity contribution in [2.75, 3.05) is 5.75 Å². The van der Waals surface area contributed by atoms with E-state index in [1.807, 2.05) is 0 Å². The first-order valence-electron chi connectivity index (χ1n) is 13.5. The second-order valence-corrected chi connectivity index (χ2v) is 11.0. The van der Waals surface area contributed by atoms with E-state index in [0.717, 1.165) is 19.3 Å². The van der Waals surface area contributed by atoms with E-state index >= 15 is 0 Å². The summed E-state index contributed by atoms with van der Waals surface area (Å²) < 4.78 is 35.9. The Kier molecular flexibility index (Phi) is 28.6. The fourth-order valence-electron chi connectivity index (χ4n) is 4.27. The van der Waals surface area contributed by atoms with Crippen molar-refractivity contribution >= 4 is 16.1 Å². The van der Waals surface area contributed by atoms with Crippen LogP contribution in [0.3, 0.4) is 0 Å². The van der Waals surface area contributed by atoms with Crippen molar-refractivity contribution in [3.63, 3.8) is 0 Å². The number of esters is 1. The molecule has 0 radical (unpaired) electrons. The predicted octanol–water partition coefficient (Wildman–Crippen LogP) is 5.13. The zero-order chi connectivity index (χ0) is 23.9. The van der Waals surface area contributed by atoms with E-state index in [4.69, 9.17) is 9.29 Å². The van der Waals surface area contributed by atoms with Crippen LogP contribution in [0.4, 0.5) is 0 Å². The molecule has 5 nitrogen and oxygen atoms in total. The summed E-state index contributed by atoms with van der Waals surface area (Å²) in [6.07, 6.45) is 26.0. The van der Waals surface area contributed by atoms with Crippen LogP contribution in [0.15, 0.2) is 0 Å². The minimum Gasteiger partial charge on any atom is -1.00 e. The minimum atomic E-state index is -4.12. The van der Waals surface area contributed by atoms with Gasteiger partial charge in [0.05, 0.1) is 0 Å². The molecule has 0 aromatic rings. The molecule has 0 aliphatic carbocycles. The maximum Gasteiger partial charge on any atom is 1.00 e. The van der Waals surface area contributed by atoms with E-state index in [-0.39, 0.29) is 52.8 Å². The summed E-state index contributed by atoms with van der Waals surface area (Å²) in [5, 5.41) is 0. The molecule has 0 spiro atoms. The first kappa shape index (κ1) is 36.2. The molecule has 33 heavy (non-hydrogen) atoms. The molecule has 0 aromatic carbocycles. The molecule has 0 fully saturated rings. The normalized spacial score (nSPS) is 12.3. The molecular weight excluding hydrogens is 463 g/mol. The van der Waals surface area contributed by atoms with Crippen molar-refractivity contribution in [1.82, 2.24) is 0 Å². The van der Waals surface area contributed by atoms with Crippen LogP contribution >= 0.6 is 0 Å². The van der Waals surface area contributed by atoms with Crippen LogP contribution in [0.1, 0.15) is 150 Å². The zero-order valence-corrected chi connectivity index (χ0v) is 26.1. The summed E-state index contributed by atoms with van der Waals surface area (Å²) in [6, 6.07) is 0. The van der Waals surface area contributed by atoms with Gasteiger partial charge < -0.3 is 6.16 Å². The van der Waals surface area contributed by atoms with Gasteiger partial charge in [-0.1, -0.05) is 129 Å². The van der Waals surface area contributed by atoms with E-state index < -0.39 is 27.9 Å². The van der Waals surface area contributed by atoms with Crippen molar-refractivity contribution in [3.05, 3.63) is 0 Å². The number of hydrogen-bond donors (Lipinski definition) is 1. The zero-order valence-electron chi connectivity index (χ0n) is 23.1. The van der Waals surface area contributed by atoms with Crippen LogP contribution < -0.4 is 51.4 Å². The van der Waals surface area contributed by atoms with E-state index in [0.29, 0.717) is 6.42 Å². The predicted molar refractivity (Wildman–Crippen MR) is 136 cm³/mol. The Bertz CT molecular complexity index is 531. The average Bonchev–Trinajstić information content (AvgIpc) is 2.70. The second kappa shape index (κ2) is 26.1. The van der Waals surface area contributed by atoms with Crippen molar-refractivity contribution in [2.24, 2.45) is 0 Å². The monoisotopic (exact) mass is 516 g/mol. The van der Waals surface area contributed by atoms with Gasteiger partial charge in [-0.05, 0) is 12.8 Å². The van der Waals surface area contributed by atoms with Gasteiger partial charge in [-0.25, -0.2) is 0 Å².